The predicted octanol–water partition coefficient (Wildman–Crippen LogP) is 6.59. The molecule has 4 heterocycles. The van der Waals surface area contributed by atoms with Gasteiger partial charge in [-0.15, -0.1) is 0 Å². The highest BCUT2D eigenvalue weighted by atomic mass is 16.5. The first-order valence-electron chi connectivity index (χ1n) is 13.0. The first kappa shape index (κ1) is 22.8. The molecule has 0 saturated carbocycles. The van der Waals surface area contributed by atoms with Crippen molar-refractivity contribution >= 4 is 45.1 Å². The lowest BCUT2D eigenvalue weighted by atomic mass is 9.77. The molecule has 2 aliphatic heterocycles. The molecule has 1 unspecified atom stereocenters. The Morgan fingerprint density at radius 1 is 0.974 bits per heavy atom. The first-order valence-corrected chi connectivity index (χ1v) is 13.0. The summed E-state index contributed by atoms with van der Waals surface area (Å²) in [6, 6.07) is 21.5. The van der Waals surface area contributed by atoms with Crippen LogP contribution in [0.2, 0.25) is 0 Å². The van der Waals surface area contributed by atoms with Crippen LogP contribution in [-0.4, -0.2) is 43.1 Å². The predicted molar refractivity (Wildman–Crippen MR) is 157 cm³/mol. The number of aromatic amines is 1. The minimum Gasteiger partial charge on any atom is -0.459 e. The molecular weight excluding hydrogens is 470 g/mol. The van der Waals surface area contributed by atoms with Crippen molar-refractivity contribution in [2.24, 2.45) is 4.99 Å². The highest BCUT2D eigenvalue weighted by molar-refractivity contribution is 6.09. The summed E-state index contributed by atoms with van der Waals surface area (Å²) < 4.78 is 7.13. The second-order valence-electron chi connectivity index (χ2n) is 11.2. The molecule has 3 aromatic carbocycles. The molecular formula is C32H31N5O. The summed E-state index contributed by atoms with van der Waals surface area (Å²) in [5, 5.41) is 3.35. The van der Waals surface area contributed by atoms with Gasteiger partial charge >= 0.3 is 0 Å². The molecule has 1 N–H and O–H groups in total. The third-order valence-corrected chi connectivity index (χ3v) is 8.40. The Hall–Kier alpha value is -4.32. The molecule has 0 aliphatic carbocycles. The SMILES string of the molecule is CN(C)c1cc2c(c3cc4cc[nH]c4cc13)OC1(C=N2)N(C)c2ncc(Cc3ccccc3)cc2C1(C)C. The number of hydrogen-bond donors (Lipinski definition) is 1. The molecule has 190 valence electrons. The number of pyridine rings is 1. The molecule has 0 bridgehead atoms. The van der Waals surface area contributed by atoms with Crippen molar-refractivity contribution in [3.05, 3.63) is 89.7 Å². The van der Waals surface area contributed by atoms with Gasteiger partial charge in [0.25, 0.3) is 0 Å². The Morgan fingerprint density at radius 2 is 1.79 bits per heavy atom. The molecule has 0 radical (unpaired) electrons. The molecule has 0 saturated heterocycles. The Labute approximate surface area is 222 Å². The van der Waals surface area contributed by atoms with E-state index >= 15 is 0 Å². The molecule has 0 amide bonds. The van der Waals surface area contributed by atoms with E-state index in [4.69, 9.17) is 14.7 Å². The number of nitrogens with one attached hydrogen (secondary N) is 1. The van der Waals surface area contributed by atoms with E-state index in [0.29, 0.717) is 0 Å². The number of benzene rings is 3. The maximum absolute atomic E-state index is 7.13. The summed E-state index contributed by atoms with van der Waals surface area (Å²) in [5.74, 6) is 1.75. The molecule has 1 atom stereocenters. The van der Waals surface area contributed by atoms with Crippen LogP contribution in [0.3, 0.4) is 0 Å². The van der Waals surface area contributed by atoms with E-state index in [2.05, 4.69) is 110 Å². The van der Waals surface area contributed by atoms with Crippen LogP contribution < -0.4 is 14.5 Å². The lowest BCUT2D eigenvalue weighted by Gasteiger charge is -2.44. The fourth-order valence-corrected chi connectivity index (χ4v) is 6.19. The van der Waals surface area contributed by atoms with E-state index in [1.807, 2.05) is 18.6 Å². The topological polar surface area (TPSA) is 56.8 Å². The minimum atomic E-state index is -0.805. The van der Waals surface area contributed by atoms with Crippen LogP contribution in [0.15, 0.2) is 78.0 Å². The number of hydrogen-bond acceptors (Lipinski definition) is 5. The van der Waals surface area contributed by atoms with Crippen LogP contribution in [0.25, 0.3) is 21.7 Å². The van der Waals surface area contributed by atoms with Gasteiger partial charge in [0.15, 0.2) is 5.75 Å². The molecule has 6 heteroatoms. The smallest absolute Gasteiger partial charge is 0.229 e. The van der Waals surface area contributed by atoms with Gasteiger partial charge < -0.3 is 19.5 Å². The highest BCUT2D eigenvalue weighted by Crippen LogP contribution is 2.55. The van der Waals surface area contributed by atoms with Crippen molar-refractivity contribution < 1.29 is 4.74 Å². The van der Waals surface area contributed by atoms with Gasteiger partial charge in [0.2, 0.25) is 5.72 Å². The lowest BCUT2D eigenvalue weighted by molar-refractivity contribution is 0.0840. The normalized spacial score (nSPS) is 19.1. The van der Waals surface area contributed by atoms with Gasteiger partial charge in [0.1, 0.15) is 11.5 Å². The number of ether oxygens (including phenoxy) is 1. The quantitative estimate of drug-likeness (QED) is 0.303. The third kappa shape index (κ3) is 3.06. The van der Waals surface area contributed by atoms with Crippen molar-refractivity contribution in [1.82, 2.24) is 9.97 Å². The number of likely N-dealkylation sites (N-methyl/N-ethyl adjacent to an activating group) is 1. The number of rotatable bonds is 3. The van der Waals surface area contributed by atoms with Gasteiger partial charge in [0.05, 0.1) is 11.6 Å². The van der Waals surface area contributed by atoms with Crippen molar-refractivity contribution in [3.8, 4) is 5.75 Å². The standard InChI is InChI=1S/C32H31N5O/c1-31(2)25-14-21(13-20-9-7-6-8-10-20)18-34-30(25)37(5)32(31)19-35-27-17-28(36(3)4)23-16-26-22(11-12-33-26)15-24(23)29(27)38-32/h6-12,14-19,33H,13H2,1-5H3. The maximum Gasteiger partial charge on any atom is 0.229 e. The zero-order chi connectivity index (χ0) is 26.2. The monoisotopic (exact) mass is 501 g/mol. The Bertz CT molecular complexity index is 1750. The number of H-pyrrole nitrogens is 1. The van der Waals surface area contributed by atoms with E-state index in [1.165, 1.54) is 16.7 Å². The Morgan fingerprint density at radius 3 is 2.58 bits per heavy atom. The summed E-state index contributed by atoms with van der Waals surface area (Å²) in [7, 11) is 6.20. The van der Waals surface area contributed by atoms with Crippen LogP contribution in [-0.2, 0) is 11.8 Å². The van der Waals surface area contributed by atoms with E-state index in [9.17, 15) is 0 Å². The molecule has 0 fully saturated rings. The highest BCUT2D eigenvalue weighted by Gasteiger charge is 2.59. The van der Waals surface area contributed by atoms with Crippen molar-refractivity contribution in [1.29, 1.82) is 0 Å². The van der Waals surface area contributed by atoms with Crippen molar-refractivity contribution in [3.63, 3.8) is 0 Å². The summed E-state index contributed by atoms with van der Waals surface area (Å²) in [4.78, 5) is 17.6. The largest absolute Gasteiger partial charge is 0.459 e. The summed E-state index contributed by atoms with van der Waals surface area (Å²) in [6.07, 6.45) is 6.80. The summed E-state index contributed by atoms with van der Waals surface area (Å²) in [6.45, 7) is 4.47. The zero-order valence-corrected chi connectivity index (χ0v) is 22.4. The molecule has 1 spiro atoms. The third-order valence-electron chi connectivity index (χ3n) is 8.40. The van der Waals surface area contributed by atoms with Crippen molar-refractivity contribution in [2.75, 3.05) is 30.9 Å². The van der Waals surface area contributed by atoms with Gasteiger partial charge in [-0.25, -0.2) is 4.98 Å². The van der Waals surface area contributed by atoms with Crippen LogP contribution in [0.5, 0.6) is 5.75 Å². The number of aromatic nitrogens is 2. The number of aliphatic imine (C=N–C) groups is 1. The van der Waals surface area contributed by atoms with Crippen LogP contribution in [0.4, 0.5) is 17.2 Å². The number of nitrogens with zero attached hydrogens (tertiary/aromatic N) is 4. The van der Waals surface area contributed by atoms with Crippen molar-refractivity contribution in [2.45, 2.75) is 31.4 Å². The number of fused-ring (bicyclic) bond motifs is 5. The second kappa shape index (κ2) is 7.84. The Balaban J connectivity index is 1.37. The van der Waals surface area contributed by atoms with Crippen LogP contribution >= 0.6 is 0 Å². The van der Waals surface area contributed by atoms with Crippen LogP contribution in [0.1, 0.15) is 30.5 Å². The first-order chi connectivity index (χ1) is 18.3. The van der Waals surface area contributed by atoms with E-state index in [0.717, 1.165) is 51.0 Å². The Kier molecular flexibility index (Phi) is 4.71. The molecule has 5 aromatic rings. The molecule has 2 aliphatic rings. The fourth-order valence-electron chi connectivity index (χ4n) is 6.19. The zero-order valence-electron chi connectivity index (χ0n) is 22.4. The second-order valence-corrected chi connectivity index (χ2v) is 11.2. The molecule has 7 rings (SSSR count). The van der Waals surface area contributed by atoms with E-state index < -0.39 is 11.1 Å². The molecule has 38 heavy (non-hydrogen) atoms. The molecule has 2 aromatic heterocycles. The van der Waals surface area contributed by atoms with E-state index in [-0.39, 0.29) is 0 Å². The van der Waals surface area contributed by atoms with Crippen LogP contribution in [0, 0.1) is 0 Å². The van der Waals surface area contributed by atoms with Gasteiger partial charge in [-0.1, -0.05) is 30.3 Å². The maximum atomic E-state index is 7.13. The summed E-state index contributed by atoms with van der Waals surface area (Å²) >= 11 is 0. The van der Waals surface area contributed by atoms with Gasteiger partial charge in [-0.3, -0.25) is 4.99 Å². The average molecular weight is 502 g/mol. The minimum absolute atomic E-state index is 0.400. The summed E-state index contributed by atoms with van der Waals surface area (Å²) in [5.41, 5.74) is 5.50. The number of anilines is 2. The van der Waals surface area contributed by atoms with E-state index in [1.54, 1.807) is 0 Å². The lowest BCUT2D eigenvalue weighted by Crippen LogP contribution is -2.61. The fraction of sp³-hybridized carbons (Fsp3) is 0.250. The van der Waals surface area contributed by atoms with Gasteiger partial charge in [-0.05, 0) is 61.7 Å². The average Bonchev–Trinajstić information content (AvgIpc) is 3.43. The van der Waals surface area contributed by atoms with Gasteiger partial charge in [-0.2, -0.15) is 0 Å². The van der Waals surface area contributed by atoms with Gasteiger partial charge in [0, 0.05) is 66.5 Å². The molecule has 6 nitrogen and oxygen atoms in total.